The molecule has 0 bridgehead atoms. The van der Waals surface area contributed by atoms with Gasteiger partial charge in [-0.05, 0) is 64.7 Å². The fourth-order valence-corrected chi connectivity index (χ4v) is 5.45. The van der Waals surface area contributed by atoms with Gasteiger partial charge in [0.2, 0.25) is 0 Å². The van der Waals surface area contributed by atoms with E-state index in [4.69, 9.17) is 19.3 Å². The predicted octanol–water partition coefficient (Wildman–Crippen LogP) is 8.81. The lowest BCUT2D eigenvalue weighted by Gasteiger charge is -2.27. The molecular weight excluding hydrogens is 561 g/mol. The van der Waals surface area contributed by atoms with Crippen LogP contribution in [-0.4, -0.2) is 85.8 Å². The lowest BCUT2D eigenvalue weighted by Crippen LogP contribution is -2.40. The van der Waals surface area contributed by atoms with Crippen molar-refractivity contribution in [2.75, 3.05) is 54.6 Å². The first-order valence-corrected chi connectivity index (χ1v) is 19.0. The molecule has 0 aliphatic rings. The number of methoxy groups -OCH3 is 1. The molecule has 1 unspecified atom stereocenters. The largest absolute Gasteiger partial charge is 0.388 e. The Morgan fingerprint density at radius 2 is 1.07 bits per heavy atom. The van der Waals surface area contributed by atoms with Gasteiger partial charge in [-0.3, -0.25) is 4.57 Å². The number of aliphatic hydroxyl groups excluding tert-OH is 1. The molecule has 0 spiro atoms. The Morgan fingerprint density at radius 3 is 1.42 bits per heavy atom. The van der Waals surface area contributed by atoms with Crippen LogP contribution in [0.25, 0.3) is 0 Å². The van der Waals surface area contributed by atoms with Gasteiger partial charge in [0, 0.05) is 13.7 Å². The van der Waals surface area contributed by atoms with E-state index in [1.165, 1.54) is 116 Å². The molecular formula is C35H73NO6P+. The fraction of sp³-hybridized carbons (Fsp3) is 0.886. The number of rotatable bonds is 29. The first-order chi connectivity index (χ1) is 20.4. The SMILES string of the molecule is CC(C[N+](C)(C)C)P(=O)(O)O.CCCCCC/C=C\CCCCCCCCCC/C=C\CCCCCOC[C@@H](O)COC. The van der Waals surface area contributed by atoms with Crippen LogP contribution in [-0.2, 0) is 14.0 Å². The summed E-state index contributed by atoms with van der Waals surface area (Å²) in [6, 6.07) is 0. The van der Waals surface area contributed by atoms with Crippen LogP contribution in [0.3, 0.4) is 0 Å². The first-order valence-electron chi connectivity index (χ1n) is 17.3. The molecule has 2 atom stereocenters. The van der Waals surface area contributed by atoms with Crippen molar-refractivity contribution in [3.8, 4) is 0 Å². The summed E-state index contributed by atoms with van der Waals surface area (Å²) in [5.41, 5.74) is -0.553. The van der Waals surface area contributed by atoms with Crippen molar-refractivity contribution in [2.45, 2.75) is 148 Å². The van der Waals surface area contributed by atoms with Gasteiger partial charge < -0.3 is 28.9 Å². The highest BCUT2D eigenvalue weighted by Gasteiger charge is 2.28. The number of quaternary nitrogens is 1. The molecule has 0 rings (SSSR count). The molecule has 3 N–H and O–H groups in total. The normalized spacial score (nSPS) is 13.9. The minimum Gasteiger partial charge on any atom is -0.388 e. The van der Waals surface area contributed by atoms with Gasteiger partial charge in [-0.15, -0.1) is 0 Å². The second kappa shape index (κ2) is 31.5. The molecule has 0 aromatic carbocycles. The van der Waals surface area contributed by atoms with Crippen LogP contribution in [0.5, 0.6) is 0 Å². The summed E-state index contributed by atoms with van der Waals surface area (Å²) < 4.78 is 21.6. The van der Waals surface area contributed by atoms with Crippen LogP contribution in [0.4, 0.5) is 0 Å². The first kappa shape index (κ1) is 44.6. The second-order valence-corrected chi connectivity index (χ2v) is 15.2. The van der Waals surface area contributed by atoms with Gasteiger partial charge in [0.05, 0.1) is 40.9 Å². The lowest BCUT2D eigenvalue weighted by atomic mass is 10.1. The van der Waals surface area contributed by atoms with Gasteiger partial charge in [0.1, 0.15) is 11.8 Å². The maximum absolute atomic E-state index is 10.7. The number of ether oxygens (including phenoxy) is 2. The highest BCUT2D eigenvalue weighted by molar-refractivity contribution is 7.52. The summed E-state index contributed by atoms with van der Waals surface area (Å²) in [7, 11) is 3.45. The highest BCUT2D eigenvalue weighted by atomic mass is 31.2. The topological polar surface area (TPSA) is 96.2 Å². The fourth-order valence-electron chi connectivity index (χ4n) is 4.75. The maximum Gasteiger partial charge on any atom is 0.333 e. The van der Waals surface area contributed by atoms with E-state index in [2.05, 4.69) is 31.2 Å². The van der Waals surface area contributed by atoms with Crippen LogP contribution in [0.2, 0.25) is 0 Å². The van der Waals surface area contributed by atoms with Crippen LogP contribution < -0.4 is 0 Å². The third kappa shape index (κ3) is 39.4. The van der Waals surface area contributed by atoms with Crippen molar-refractivity contribution in [2.24, 2.45) is 0 Å². The quantitative estimate of drug-likeness (QED) is 0.0329. The van der Waals surface area contributed by atoms with E-state index in [-0.39, 0.29) is 0 Å². The Kier molecular flexibility index (Phi) is 32.6. The predicted molar refractivity (Wildman–Crippen MR) is 185 cm³/mol. The Hall–Kier alpha value is -0.530. The molecule has 0 fully saturated rings. The molecule has 7 nitrogen and oxygen atoms in total. The average Bonchev–Trinajstić information content (AvgIpc) is 2.92. The summed E-state index contributed by atoms with van der Waals surface area (Å²) in [5, 5.41) is 9.47. The molecule has 8 heteroatoms. The zero-order chi connectivity index (χ0) is 32.7. The Balaban J connectivity index is 0. The van der Waals surface area contributed by atoms with E-state index in [0.717, 1.165) is 13.0 Å². The third-order valence-electron chi connectivity index (χ3n) is 7.26. The number of unbranched alkanes of at least 4 members (excludes halogenated alkanes) is 16. The molecule has 0 aromatic heterocycles. The lowest BCUT2D eigenvalue weighted by molar-refractivity contribution is -0.869. The molecule has 0 aliphatic carbocycles. The van der Waals surface area contributed by atoms with E-state index in [1.807, 2.05) is 21.1 Å². The van der Waals surface area contributed by atoms with Gasteiger partial charge in [-0.25, -0.2) is 0 Å². The van der Waals surface area contributed by atoms with E-state index in [9.17, 15) is 9.67 Å². The highest BCUT2D eigenvalue weighted by Crippen LogP contribution is 2.41. The monoisotopic (exact) mass is 635 g/mol. The number of hydrogen-bond acceptors (Lipinski definition) is 4. The zero-order valence-electron chi connectivity index (χ0n) is 29.2. The van der Waals surface area contributed by atoms with E-state index >= 15 is 0 Å². The van der Waals surface area contributed by atoms with Crippen LogP contribution in [0.15, 0.2) is 24.3 Å². The van der Waals surface area contributed by atoms with Gasteiger partial charge in [0.15, 0.2) is 0 Å². The van der Waals surface area contributed by atoms with Crippen molar-refractivity contribution >= 4 is 7.60 Å². The van der Waals surface area contributed by atoms with Gasteiger partial charge in [0.25, 0.3) is 0 Å². The molecule has 43 heavy (non-hydrogen) atoms. The van der Waals surface area contributed by atoms with E-state index in [0.29, 0.717) is 24.2 Å². The number of aliphatic hydroxyl groups is 1. The molecule has 0 saturated carbocycles. The molecule has 258 valence electrons. The van der Waals surface area contributed by atoms with Crippen molar-refractivity contribution < 1.29 is 33.4 Å². The average molecular weight is 635 g/mol. The minimum atomic E-state index is -3.87. The minimum absolute atomic E-state index is 0.349. The van der Waals surface area contributed by atoms with E-state index in [1.54, 1.807) is 14.0 Å². The second-order valence-electron chi connectivity index (χ2n) is 13.1. The Labute approximate surface area is 267 Å². The van der Waals surface area contributed by atoms with Gasteiger partial charge >= 0.3 is 7.60 Å². The number of allylic oxidation sites excluding steroid dienone is 4. The van der Waals surface area contributed by atoms with Crippen LogP contribution >= 0.6 is 7.60 Å². The number of nitrogens with zero attached hydrogens (tertiary/aromatic N) is 1. The zero-order valence-corrected chi connectivity index (χ0v) is 30.1. The Bertz CT molecular complexity index is 674. The molecule has 0 aliphatic heterocycles. The molecule has 0 aromatic rings. The van der Waals surface area contributed by atoms with Gasteiger partial charge in [-0.2, -0.15) is 0 Å². The standard InChI is InChI=1S/C29H56O3.C6H16NO3P/c1-3-4-5-6-7-8-9-10-11-12-13-14-15-16-17-18-19-20-21-22-23-24-25-26-32-28-29(30)27-31-2;1-6(11(8,9)10)5-7(2,3)4/h8-9,20-21,29-30H,3-7,10-19,22-28H2,1-2H3;6H,5H2,1-4H3,(H-,8,9,10)/p+1/b9-8-,21-20-;/t29-;/m0./s1. The summed E-state index contributed by atoms with van der Waals surface area (Å²) in [4.78, 5) is 17.5. The molecule has 0 heterocycles. The van der Waals surface area contributed by atoms with Crippen molar-refractivity contribution in [1.82, 2.24) is 0 Å². The van der Waals surface area contributed by atoms with Crippen molar-refractivity contribution in [1.29, 1.82) is 0 Å². The van der Waals surface area contributed by atoms with E-state index < -0.39 is 19.4 Å². The van der Waals surface area contributed by atoms with Crippen molar-refractivity contribution in [3.63, 3.8) is 0 Å². The molecule has 0 amide bonds. The summed E-state index contributed by atoms with van der Waals surface area (Å²) in [6.07, 6.45) is 34.2. The molecule has 0 radical (unpaired) electrons. The van der Waals surface area contributed by atoms with Crippen LogP contribution in [0, 0.1) is 0 Å². The Morgan fingerprint density at radius 1 is 0.674 bits per heavy atom. The maximum atomic E-state index is 10.7. The van der Waals surface area contributed by atoms with Gasteiger partial charge in [-0.1, -0.05) is 95.4 Å². The summed E-state index contributed by atoms with van der Waals surface area (Å²) in [5.74, 6) is 0. The summed E-state index contributed by atoms with van der Waals surface area (Å²) in [6.45, 7) is 5.81. The molecule has 0 saturated heterocycles. The third-order valence-corrected chi connectivity index (χ3v) is 8.58. The summed E-state index contributed by atoms with van der Waals surface area (Å²) >= 11 is 0. The smallest absolute Gasteiger partial charge is 0.333 e. The van der Waals surface area contributed by atoms with Crippen molar-refractivity contribution in [3.05, 3.63) is 24.3 Å². The number of hydrogen-bond donors (Lipinski definition) is 3. The van der Waals surface area contributed by atoms with Crippen LogP contribution in [0.1, 0.15) is 136 Å².